The fourth-order valence-electron chi connectivity index (χ4n) is 1.48. The highest BCUT2D eigenvalue weighted by Crippen LogP contribution is 2.19. The van der Waals surface area contributed by atoms with Crippen LogP contribution < -0.4 is 4.90 Å². The van der Waals surface area contributed by atoms with Gasteiger partial charge in [-0.2, -0.15) is 5.26 Å². The molecule has 1 aromatic heterocycles. The lowest BCUT2D eigenvalue weighted by molar-refractivity contribution is 0.122. The van der Waals surface area contributed by atoms with Gasteiger partial charge >= 0.3 is 0 Å². The van der Waals surface area contributed by atoms with E-state index in [1.807, 2.05) is 12.1 Å². The predicted molar refractivity (Wildman–Crippen MR) is 57.0 cm³/mol. The fourth-order valence-corrected chi connectivity index (χ4v) is 1.67. The Morgan fingerprint density at radius 2 is 2.13 bits per heavy atom. The summed E-state index contributed by atoms with van der Waals surface area (Å²) in [6.07, 6.45) is 0. The Kier molecular flexibility index (Phi) is 3.05. The number of morpholine rings is 1. The lowest BCUT2D eigenvalue weighted by Gasteiger charge is -2.27. The van der Waals surface area contributed by atoms with Crippen LogP contribution in [0.1, 0.15) is 5.56 Å². The fraction of sp³-hybridized carbons (Fsp3) is 0.400. The van der Waals surface area contributed by atoms with Crippen molar-refractivity contribution in [1.29, 1.82) is 5.26 Å². The Balaban J connectivity index is 2.22. The van der Waals surface area contributed by atoms with Crippen LogP contribution in [-0.4, -0.2) is 31.3 Å². The van der Waals surface area contributed by atoms with Gasteiger partial charge in [-0.25, -0.2) is 4.98 Å². The SMILES string of the molecule is N#Cc1ccc(N2CCOCC2)nc1Cl. The van der Waals surface area contributed by atoms with Crippen molar-refractivity contribution in [2.24, 2.45) is 0 Å². The summed E-state index contributed by atoms with van der Waals surface area (Å²) in [7, 11) is 0. The van der Waals surface area contributed by atoms with Crippen LogP contribution in [0.25, 0.3) is 0 Å². The summed E-state index contributed by atoms with van der Waals surface area (Å²) in [5.41, 5.74) is 0.411. The van der Waals surface area contributed by atoms with Gasteiger partial charge in [0.1, 0.15) is 17.0 Å². The van der Waals surface area contributed by atoms with Gasteiger partial charge in [0.25, 0.3) is 0 Å². The highest BCUT2D eigenvalue weighted by molar-refractivity contribution is 6.30. The number of anilines is 1. The number of aromatic nitrogens is 1. The second kappa shape index (κ2) is 4.47. The van der Waals surface area contributed by atoms with Gasteiger partial charge in [0.15, 0.2) is 0 Å². The van der Waals surface area contributed by atoms with Crippen molar-refractivity contribution in [3.8, 4) is 6.07 Å². The summed E-state index contributed by atoms with van der Waals surface area (Å²) in [5.74, 6) is 0.808. The van der Waals surface area contributed by atoms with E-state index in [2.05, 4.69) is 9.88 Å². The number of pyridine rings is 1. The zero-order chi connectivity index (χ0) is 10.7. The van der Waals surface area contributed by atoms with Crippen LogP contribution in [0.15, 0.2) is 12.1 Å². The van der Waals surface area contributed by atoms with Crippen molar-refractivity contribution in [3.63, 3.8) is 0 Å². The first-order valence-electron chi connectivity index (χ1n) is 4.70. The molecule has 0 radical (unpaired) electrons. The first kappa shape index (κ1) is 10.2. The molecule has 4 nitrogen and oxygen atoms in total. The van der Waals surface area contributed by atoms with Gasteiger partial charge in [-0.15, -0.1) is 0 Å². The maximum absolute atomic E-state index is 8.71. The van der Waals surface area contributed by atoms with Crippen molar-refractivity contribution in [2.75, 3.05) is 31.2 Å². The molecule has 0 amide bonds. The monoisotopic (exact) mass is 223 g/mol. The molecule has 0 aliphatic carbocycles. The van der Waals surface area contributed by atoms with Gasteiger partial charge in [0.2, 0.25) is 0 Å². The van der Waals surface area contributed by atoms with E-state index in [0.29, 0.717) is 18.8 Å². The number of rotatable bonds is 1. The molecular formula is C10H10ClN3O. The highest BCUT2D eigenvalue weighted by atomic mass is 35.5. The summed E-state index contributed by atoms with van der Waals surface area (Å²) >= 11 is 5.86. The molecule has 0 aromatic carbocycles. The van der Waals surface area contributed by atoms with E-state index in [0.717, 1.165) is 18.9 Å². The first-order valence-corrected chi connectivity index (χ1v) is 5.08. The molecule has 0 spiro atoms. The Hall–Kier alpha value is -1.31. The summed E-state index contributed by atoms with van der Waals surface area (Å²) in [5, 5.41) is 8.98. The van der Waals surface area contributed by atoms with Gasteiger partial charge in [0, 0.05) is 13.1 Å². The summed E-state index contributed by atoms with van der Waals surface area (Å²) in [4.78, 5) is 6.27. The van der Waals surface area contributed by atoms with Crippen LogP contribution in [0.2, 0.25) is 5.15 Å². The van der Waals surface area contributed by atoms with Crippen molar-refractivity contribution >= 4 is 17.4 Å². The van der Waals surface area contributed by atoms with E-state index < -0.39 is 0 Å². The zero-order valence-corrected chi connectivity index (χ0v) is 8.87. The maximum Gasteiger partial charge on any atom is 0.149 e. The Bertz CT molecular complexity index is 396. The minimum absolute atomic E-state index is 0.265. The largest absolute Gasteiger partial charge is 0.378 e. The molecule has 1 fully saturated rings. The average Bonchev–Trinajstić information content (AvgIpc) is 2.30. The smallest absolute Gasteiger partial charge is 0.149 e. The molecule has 0 atom stereocenters. The van der Waals surface area contributed by atoms with Crippen LogP contribution in [0.5, 0.6) is 0 Å². The molecule has 2 rings (SSSR count). The molecule has 0 bridgehead atoms. The van der Waals surface area contributed by atoms with Crippen LogP contribution in [0.4, 0.5) is 5.82 Å². The molecule has 15 heavy (non-hydrogen) atoms. The Morgan fingerprint density at radius 3 is 2.73 bits per heavy atom. The number of hydrogen-bond acceptors (Lipinski definition) is 4. The predicted octanol–water partition coefficient (Wildman–Crippen LogP) is 1.44. The van der Waals surface area contributed by atoms with Crippen LogP contribution in [0.3, 0.4) is 0 Å². The zero-order valence-electron chi connectivity index (χ0n) is 8.11. The second-order valence-electron chi connectivity index (χ2n) is 3.22. The molecule has 5 heteroatoms. The molecule has 1 aliphatic heterocycles. The molecule has 1 aromatic rings. The molecule has 2 heterocycles. The lowest BCUT2D eigenvalue weighted by atomic mass is 10.3. The number of ether oxygens (including phenoxy) is 1. The number of hydrogen-bond donors (Lipinski definition) is 0. The lowest BCUT2D eigenvalue weighted by Crippen LogP contribution is -2.36. The van der Waals surface area contributed by atoms with Crippen LogP contribution in [0, 0.1) is 11.3 Å². The van der Waals surface area contributed by atoms with E-state index in [1.54, 1.807) is 6.07 Å². The minimum atomic E-state index is 0.265. The number of nitrogens with zero attached hydrogens (tertiary/aromatic N) is 3. The van der Waals surface area contributed by atoms with Crippen molar-refractivity contribution in [3.05, 3.63) is 22.8 Å². The number of nitriles is 1. The van der Waals surface area contributed by atoms with E-state index in [9.17, 15) is 0 Å². The summed E-state index contributed by atoms with van der Waals surface area (Å²) in [6.45, 7) is 3.04. The first-order chi connectivity index (χ1) is 7.31. The van der Waals surface area contributed by atoms with E-state index in [-0.39, 0.29) is 5.15 Å². The maximum atomic E-state index is 8.71. The summed E-state index contributed by atoms with van der Waals surface area (Å²) in [6, 6.07) is 5.50. The van der Waals surface area contributed by atoms with Crippen molar-refractivity contribution < 1.29 is 4.74 Å². The van der Waals surface area contributed by atoms with Gasteiger partial charge in [-0.1, -0.05) is 11.6 Å². The Morgan fingerprint density at radius 1 is 1.40 bits per heavy atom. The molecular weight excluding hydrogens is 214 g/mol. The molecule has 0 saturated carbocycles. The van der Waals surface area contributed by atoms with Crippen molar-refractivity contribution in [2.45, 2.75) is 0 Å². The topological polar surface area (TPSA) is 49.2 Å². The molecule has 1 saturated heterocycles. The van der Waals surface area contributed by atoms with Crippen molar-refractivity contribution in [1.82, 2.24) is 4.98 Å². The van der Waals surface area contributed by atoms with E-state index >= 15 is 0 Å². The van der Waals surface area contributed by atoms with Gasteiger partial charge in [-0.05, 0) is 12.1 Å². The molecule has 78 valence electrons. The van der Waals surface area contributed by atoms with Crippen LogP contribution >= 0.6 is 11.6 Å². The van der Waals surface area contributed by atoms with Gasteiger partial charge in [0.05, 0.1) is 18.8 Å². The third-order valence-electron chi connectivity index (χ3n) is 2.29. The summed E-state index contributed by atoms with van der Waals surface area (Å²) < 4.78 is 5.24. The molecule has 1 aliphatic rings. The van der Waals surface area contributed by atoms with E-state index in [4.69, 9.17) is 21.6 Å². The standard InChI is InChI=1S/C10H10ClN3O/c11-10-8(7-12)1-2-9(13-10)14-3-5-15-6-4-14/h1-2H,3-6H2. The average molecular weight is 224 g/mol. The highest BCUT2D eigenvalue weighted by Gasteiger charge is 2.13. The van der Waals surface area contributed by atoms with Gasteiger partial charge < -0.3 is 9.64 Å². The van der Waals surface area contributed by atoms with Gasteiger partial charge in [-0.3, -0.25) is 0 Å². The second-order valence-corrected chi connectivity index (χ2v) is 3.58. The molecule has 0 N–H and O–H groups in total. The third kappa shape index (κ3) is 2.20. The Labute approximate surface area is 93.0 Å². The minimum Gasteiger partial charge on any atom is -0.378 e. The number of halogens is 1. The quantitative estimate of drug-likeness (QED) is 0.676. The van der Waals surface area contributed by atoms with Crippen LogP contribution in [-0.2, 0) is 4.74 Å². The normalized spacial score (nSPS) is 16.1. The third-order valence-corrected chi connectivity index (χ3v) is 2.58. The van der Waals surface area contributed by atoms with E-state index in [1.165, 1.54) is 0 Å². The molecule has 0 unspecified atom stereocenters.